The maximum atomic E-state index is 12.0. The summed E-state index contributed by atoms with van der Waals surface area (Å²) in [5.74, 6) is 0.595. The predicted octanol–water partition coefficient (Wildman–Crippen LogP) is 3.08. The Bertz CT molecular complexity index is 795. The molecule has 1 aliphatic rings. The number of esters is 1. The van der Waals surface area contributed by atoms with Gasteiger partial charge in [0.05, 0.1) is 17.1 Å². The van der Waals surface area contributed by atoms with Gasteiger partial charge in [-0.2, -0.15) is 0 Å². The van der Waals surface area contributed by atoms with Gasteiger partial charge in [0.15, 0.2) is 6.61 Å². The highest BCUT2D eigenvalue weighted by Gasteiger charge is 2.25. The van der Waals surface area contributed by atoms with Crippen LogP contribution in [0.4, 0.5) is 5.69 Å². The number of carbonyl (C=O) groups is 2. The molecule has 26 heavy (non-hydrogen) atoms. The average Bonchev–Trinajstić information content (AvgIpc) is 2.65. The van der Waals surface area contributed by atoms with Gasteiger partial charge < -0.3 is 19.1 Å². The number of ether oxygens (including phenoxy) is 3. The Morgan fingerprint density at radius 2 is 1.88 bits per heavy atom. The number of halogens is 1. The smallest absolute Gasteiger partial charge is 0.307 e. The summed E-state index contributed by atoms with van der Waals surface area (Å²) in [6.07, 6.45) is 0.0895. The van der Waals surface area contributed by atoms with E-state index in [-0.39, 0.29) is 38.7 Å². The van der Waals surface area contributed by atoms with Crippen molar-refractivity contribution in [2.45, 2.75) is 6.42 Å². The van der Waals surface area contributed by atoms with Crippen LogP contribution in [0.3, 0.4) is 0 Å². The van der Waals surface area contributed by atoms with E-state index in [9.17, 15) is 9.59 Å². The number of hydrogen-bond acceptors (Lipinski definition) is 5. The maximum Gasteiger partial charge on any atom is 0.307 e. The summed E-state index contributed by atoms with van der Waals surface area (Å²) in [5, 5.41) is 0.503. The van der Waals surface area contributed by atoms with Crippen LogP contribution in [0.2, 0.25) is 5.02 Å². The van der Waals surface area contributed by atoms with Crippen molar-refractivity contribution in [1.82, 2.24) is 0 Å². The zero-order chi connectivity index (χ0) is 18.4. The molecule has 0 atom stereocenters. The summed E-state index contributed by atoms with van der Waals surface area (Å²) in [4.78, 5) is 25.5. The predicted molar refractivity (Wildman–Crippen MR) is 96.8 cm³/mol. The molecule has 0 saturated heterocycles. The standard InChI is InChI=1S/C19H18ClNO5/c20-14-5-1-3-7-16(14)24-11-12-25-19(23)9-10-21-15-6-2-4-8-17(15)26-13-18(21)22/h1-8H,9-13H2. The van der Waals surface area contributed by atoms with Crippen LogP contribution in [0, 0.1) is 0 Å². The number of para-hydroxylation sites is 3. The van der Waals surface area contributed by atoms with Crippen LogP contribution in [0.15, 0.2) is 48.5 Å². The lowest BCUT2D eigenvalue weighted by molar-refractivity contribution is -0.144. The van der Waals surface area contributed by atoms with Crippen molar-refractivity contribution in [2.24, 2.45) is 0 Å². The van der Waals surface area contributed by atoms with Crippen molar-refractivity contribution in [1.29, 1.82) is 0 Å². The number of nitrogens with zero attached hydrogens (tertiary/aromatic N) is 1. The van der Waals surface area contributed by atoms with E-state index in [1.807, 2.05) is 18.2 Å². The van der Waals surface area contributed by atoms with Gasteiger partial charge in [-0.05, 0) is 24.3 Å². The van der Waals surface area contributed by atoms with Gasteiger partial charge in [-0.25, -0.2) is 0 Å². The van der Waals surface area contributed by atoms with Crippen LogP contribution in [-0.4, -0.2) is 38.2 Å². The van der Waals surface area contributed by atoms with E-state index >= 15 is 0 Å². The molecule has 136 valence electrons. The first-order valence-corrected chi connectivity index (χ1v) is 8.58. The second-order valence-electron chi connectivity index (χ2n) is 5.55. The van der Waals surface area contributed by atoms with Crippen molar-refractivity contribution in [2.75, 3.05) is 31.3 Å². The van der Waals surface area contributed by atoms with Gasteiger partial charge >= 0.3 is 5.97 Å². The van der Waals surface area contributed by atoms with Gasteiger partial charge in [0, 0.05) is 6.54 Å². The lowest BCUT2D eigenvalue weighted by Crippen LogP contribution is -2.40. The van der Waals surface area contributed by atoms with Gasteiger partial charge in [-0.3, -0.25) is 9.59 Å². The first-order chi connectivity index (χ1) is 12.6. The fourth-order valence-electron chi connectivity index (χ4n) is 2.54. The number of fused-ring (bicyclic) bond motifs is 1. The molecule has 3 rings (SSSR count). The Morgan fingerprint density at radius 3 is 2.73 bits per heavy atom. The van der Waals surface area contributed by atoms with E-state index in [1.54, 1.807) is 35.2 Å². The number of benzene rings is 2. The number of rotatable bonds is 7. The summed E-state index contributed by atoms with van der Waals surface area (Å²) in [5.41, 5.74) is 0.665. The van der Waals surface area contributed by atoms with Gasteiger partial charge in [0.2, 0.25) is 0 Å². The molecule has 7 heteroatoms. The molecule has 0 spiro atoms. The Morgan fingerprint density at radius 1 is 1.12 bits per heavy atom. The minimum Gasteiger partial charge on any atom is -0.488 e. The Kier molecular flexibility index (Phi) is 5.96. The molecule has 0 fully saturated rings. The van der Waals surface area contributed by atoms with Gasteiger partial charge in [-0.1, -0.05) is 35.9 Å². The largest absolute Gasteiger partial charge is 0.488 e. The van der Waals surface area contributed by atoms with E-state index < -0.39 is 5.97 Å². The third-order valence-electron chi connectivity index (χ3n) is 3.79. The van der Waals surface area contributed by atoms with Crippen molar-refractivity contribution in [3.63, 3.8) is 0 Å². The first-order valence-electron chi connectivity index (χ1n) is 8.20. The zero-order valence-corrected chi connectivity index (χ0v) is 14.8. The van der Waals surface area contributed by atoms with Crippen LogP contribution >= 0.6 is 11.6 Å². The highest BCUT2D eigenvalue weighted by molar-refractivity contribution is 6.32. The Balaban J connectivity index is 1.43. The Hall–Kier alpha value is -2.73. The van der Waals surface area contributed by atoms with E-state index in [0.29, 0.717) is 22.2 Å². The molecule has 1 amide bonds. The number of hydrogen-bond donors (Lipinski definition) is 0. The molecule has 0 saturated carbocycles. The van der Waals surface area contributed by atoms with E-state index in [4.69, 9.17) is 25.8 Å². The minimum absolute atomic E-state index is 0.0300. The molecule has 1 heterocycles. The summed E-state index contributed by atoms with van der Waals surface area (Å²) in [7, 11) is 0. The van der Waals surface area contributed by atoms with Crippen molar-refractivity contribution in [3.8, 4) is 11.5 Å². The summed E-state index contributed by atoms with van der Waals surface area (Å²) < 4.78 is 16.0. The minimum atomic E-state index is -0.399. The van der Waals surface area contributed by atoms with Gasteiger partial charge in [0.25, 0.3) is 5.91 Å². The molecule has 2 aromatic carbocycles. The second-order valence-corrected chi connectivity index (χ2v) is 5.96. The van der Waals surface area contributed by atoms with E-state index in [1.165, 1.54) is 0 Å². The molecule has 0 unspecified atom stereocenters. The highest BCUT2D eigenvalue weighted by Crippen LogP contribution is 2.31. The molecule has 6 nitrogen and oxygen atoms in total. The molecule has 2 aromatic rings. The molecular formula is C19H18ClNO5. The van der Waals surface area contributed by atoms with Crippen LogP contribution in [0.25, 0.3) is 0 Å². The highest BCUT2D eigenvalue weighted by atomic mass is 35.5. The van der Waals surface area contributed by atoms with Gasteiger partial charge in [0.1, 0.15) is 24.7 Å². The molecule has 1 aliphatic heterocycles. The molecule has 0 N–H and O–H groups in total. The molecule has 0 radical (unpaired) electrons. The Labute approximate surface area is 156 Å². The number of carbonyl (C=O) groups excluding carboxylic acids is 2. The maximum absolute atomic E-state index is 12.0. The molecule has 0 aromatic heterocycles. The first kappa shape index (κ1) is 18.1. The quantitative estimate of drug-likeness (QED) is 0.549. The van der Waals surface area contributed by atoms with E-state index in [0.717, 1.165) is 0 Å². The monoisotopic (exact) mass is 375 g/mol. The lowest BCUT2D eigenvalue weighted by atomic mass is 10.2. The summed E-state index contributed by atoms with van der Waals surface area (Å²) in [6, 6.07) is 14.3. The lowest BCUT2D eigenvalue weighted by Gasteiger charge is -2.28. The number of anilines is 1. The summed E-state index contributed by atoms with van der Waals surface area (Å²) in [6.45, 7) is 0.521. The van der Waals surface area contributed by atoms with E-state index in [2.05, 4.69) is 0 Å². The number of amides is 1. The van der Waals surface area contributed by atoms with Crippen molar-refractivity contribution in [3.05, 3.63) is 53.6 Å². The molecule has 0 aliphatic carbocycles. The summed E-state index contributed by atoms with van der Waals surface area (Å²) >= 11 is 5.98. The van der Waals surface area contributed by atoms with Crippen molar-refractivity contribution >= 4 is 29.2 Å². The van der Waals surface area contributed by atoms with Gasteiger partial charge in [-0.15, -0.1) is 0 Å². The second kappa shape index (κ2) is 8.58. The molecule has 0 bridgehead atoms. The van der Waals surface area contributed by atoms with Crippen LogP contribution in [0.5, 0.6) is 11.5 Å². The van der Waals surface area contributed by atoms with Crippen molar-refractivity contribution < 1.29 is 23.8 Å². The zero-order valence-electron chi connectivity index (χ0n) is 14.0. The SMILES string of the molecule is O=C(CCN1C(=O)COc2ccccc21)OCCOc1ccccc1Cl. The third-order valence-corrected chi connectivity index (χ3v) is 4.10. The fraction of sp³-hybridized carbons (Fsp3) is 0.263. The van der Waals surface area contributed by atoms with Crippen LogP contribution in [0.1, 0.15) is 6.42 Å². The topological polar surface area (TPSA) is 65.1 Å². The average molecular weight is 376 g/mol. The third kappa shape index (κ3) is 4.46. The molecular weight excluding hydrogens is 358 g/mol. The van der Waals surface area contributed by atoms with Crippen LogP contribution < -0.4 is 14.4 Å². The fourth-order valence-corrected chi connectivity index (χ4v) is 2.73. The van der Waals surface area contributed by atoms with Crippen LogP contribution in [-0.2, 0) is 14.3 Å². The normalized spacial score (nSPS) is 13.0.